The largest absolute Gasteiger partial charge is 0.324 e. The van der Waals surface area contributed by atoms with Crippen LogP contribution >= 0.6 is 39.1 Å². The van der Waals surface area contributed by atoms with Gasteiger partial charge in [0.15, 0.2) is 0 Å². The Morgan fingerprint density at radius 2 is 1.79 bits per heavy atom. The highest BCUT2D eigenvalue weighted by molar-refractivity contribution is 9.10. The van der Waals surface area contributed by atoms with E-state index >= 15 is 0 Å². The highest BCUT2D eigenvalue weighted by Crippen LogP contribution is 2.26. The van der Waals surface area contributed by atoms with Crippen LogP contribution in [0.4, 0.5) is 11.4 Å². The minimum atomic E-state index is -3.64. The third-order valence-electron chi connectivity index (χ3n) is 3.01. The predicted octanol–water partition coefficient (Wildman–Crippen LogP) is 4.16. The minimum Gasteiger partial charge on any atom is -0.324 e. The average Bonchev–Trinajstić information content (AvgIpc) is 2.49. The van der Waals surface area contributed by atoms with Crippen LogP contribution < -0.4 is 9.62 Å². The zero-order valence-corrected chi connectivity index (χ0v) is 16.4. The number of hydrogen-bond donors (Lipinski definition) is 1. The Kier molecular flexibility index (Phi) is 6.14. The first-order valence-corrected chi connectivity index (χ1v) is 10.0. The fourth-order valence-corrected chi connectivity index (χ4v) is 3.32. The van der Waals surface area contributed by atoms with E-state index in [2.05, 4.69) is 21.2 Å². The standard InChI is InChI=1S/C15H13BrCl2N2O3S/c1-24(22,23)20(12-5-2-10(17)3-6-12)9-15(21)19-11-4-7-13(16)14(18)8-11/h2-8H,9H2,1H3,(H,19,21). The molecule has 0 aliphatic rings. The predicted molar refractivity (Wildman–Crippen MR) is 101 cm³/mol. The highest BCUT2D eigenvalue weighted by Gasteiger charge is 2.21. The van der Waals surface area contributed by atoms with Crippen molar-refractivity contribution in [2.75, 3.05) is 22.4 Å². The van der Waals surface area contributed by atoms with E-state index in [0.29, 0.717) is 25.9 Å². The molecule has 0 spiro atoms. The molecule has 2 aromatic carbocycles. The van der Waals surface area contributed by atoms with Crippen LogP contribution in [0.3, 0.4) is 0 Å². The first-order valence-electron chi connectivity index (χ1n) is 6.65. The minimum absolute atomic E-state index is 0.353. The maximum atomic E-state index is 12.2. The molecule has 0 saturated heterocycles. The molecule has 0 saturated carbocycles. The Hall–Kier alpha value is -1.28. The van der Waals surface area contributed by atoms with E-state index in [9.17, 15) is 13.2 Å². The molecule has 0 radical (unpaired) electrons. The Labute approximate surface area is 158 Å². The molecule has 2 aromatic rings. The van der Waals surface area contributed by atoms with Gasteiger partial charge in [-0.3, -0.25) is 9.10 Å². The van der Waals surface area contributed by atoms with Gasteiger partial charge in [-0.25, -0.2) is 8.42 Å². The summed E-state index contributed by atoms with van der Waals surface area (Å²) in [5.74, 6) is -0.492. The van der Waals surface area contributed by atoms with Crippen LogP contribution in [0.15, 0.2) is 46.9 Å². The lowest BCUT2D eigenvalue weighted by molar-refractivity contribution is -0.114. The second-order valence-corrected chi connectivity index (χ2v) is 8.53. The number of nitrogens with zero attached hydrogens (tertiary/aromatic N) is 1. The number of nitrogens with one attached hydrogen (secondary N) is 1. The van der Waals surface area contributed by atoms with Crippen LogP contribution in [0, 0.1) is 0 Å². The lowest BCUT2D eigenvalue weighted by Gasteiger charge is -2.22. The second kappa shape index (κ2) is 7.74. The monoisotopic (exact) mass is 450 g/mol. The molecule has 0 bridgehead atoms. The highest BCUT2D eigenvalue weighted by atomic mass is 79.9. The number of anilines is 2. The molecule has 1 amide bonds. The van der Waals surface area contributed by atoms with Crippen LogP contribution in [0.25, 0.3) is 0 Å². The molecule has 9 heteroatoms. The Bertz CT molecular complexity index is 858. The van der Waals surface area contributed by atoms with Gasteiger partial charge in [0.25, 0.3) is 0 Å². The summed E-state index contributed by atoms with van der Waals surface area (Å²) >= 11 is 15.0. The van der Waals surface area contributed by atoms with E-state index in [1.807, 2.05) is 0 Å². The van der Waals surface area contributed by atoms with Crippen molar-refractivity contribution in [3.63, 3.8) is 0 Å². The normalized spacial score (nSPS) is 11.2. The van der Waals surface area contributed by atoms with E-state index in [-0.39, 0.29) is 6.54 Å². The summed E-state index contributed by atoms with van der Waals surface area (Å²) in [6.45, 7) is -0.367. The van der Waals surface area contributed by atoms with Crippen molar-refractivity contribution in [3.05, 3.63) is 57.0 Å². The summed E-state index contributed by atoms with van der Waals surface area (Å²) in [5, 5.41) is 3.53. The van der Waals surface area contributed by atoms with Crippen molar-refractivity contribution >= 4 is 66.4 Å². The third kappa shape index (κ3) is 5.11. The van der Waals surface area contributed by atoms with Crippen LogP contribution in [0.2, 0.25) is 10.0 Å². The summed E-state index contributed by atoms with van der Waals surface area (Å²) in [5.41, 5.74) is 0.823. The summed E-state index contributed by atoms with van der Waals surface area (Å²) < 4.78 is 25.7. The van der Waals surface area contributed by atoms with Crippen LogP contribution in [-0.2, 0) is 14.8 Å². The quantitative estimate of drug-likeness (QED) is 0.741. The van der Waals surface area contributed by atoms with Gasteiger partial charge in [0.1, 0.15) is 6.54 Å². The molecule has 0 fully saturated rings. The average molecular weight is 452 g/mol. The maximum Gasteiger partial charge on any atom is 0.245 e. The lowest BCUT2D eigenvalue weighted by Crippen LogP contribution is -2.37. The zero-order valence-electron chi connectivity index (χ0n) is 12.5. The fraction of sp³-hybridized carbons (Fsp3) is 0.133. The number of halogens is 3. The lowest BCUT2D eigenvalue weighted by atomic mass is 10.3. The number of carbonyl (C=O) groups is 1. The zero-order chi connectivity index (χ0) is 17.9. The smallest absolute Gasteiger partial charge is 0.245 e. The molecule has 24 heavy (non-hydrogen) atoms. The third-order valence-corrected chi connectivity index (χ3v) is 5.63. The molecule has 2 rings (SSSR count). The van der Waals surface area contributed by atoms with Gasteiger partial charge in [0.2, 0.25) is 15.9 Å². The Morgan fingerprint density at radius 3 is 2.33 bits per heavy atom. The summed E-state index contributed by atoms with van der Waals surface area (Å²) in [6, 6.07) is 11.1. The van der Waals surface area contributed by atoms with Gasteiger partial charge in [-0.15, -0.1) is 0 Å². The topological polar surface area (TPSA) is 66.5 Å². The molecule has 5 nitrogen and oxygen atoms in total. The van der Waals surface area contributed by atoms with E-state index in [4.69, 9.17) is 23.2 Å². The summed E-state index contributed by atoms with van der Waals surface area (Å²) in [7, 11) is -3.64. The van der Waals surface area contributed by atoms with Crippen LogP contribution in [-0.4, -0.2) is 27.1 Å². The molecule has 0 heterocycles. The van der Waals surface area contributed by atoms with Gasteiger partial charge in [-0.1, -0.05) is 23.2 Å². The van der Waals surface area contributed by atoms with Gasteiger partial charge >= 0.3 is 0 Å². The summed E-state index contributed by atoms with van der Waals surface area (Å²) in [4.78, 5) is 12.2. The SMILES string of the molecule is CS(=O)(=O)N(CC(=O)Nc1ccc(Br)c(Cl)c1)c1ccc(Cl)cc1. The molecule has 128 valence electrons. The van der Waals surface area contributed by atoms with E-state index in [1.165, 1.54) is 12.1 Å². The molecule has 0 unspecified atom stereocenters. The van der Waals surface area contributed by atoms with Crippen LogP contribution in [0.1, 0.15) is 0 Å². The number of amides is 1. The van der Waals surface area contributed by atoms with Crippen molar-refractivity contribution in [2.45, 2.75) is 0 Å². The van der Waals surface area contributed by atoms with E-state index < -0.39 is 15.9 Å². The number of benzene rings is 2. The number of rotatable bonds is 5. The van der Waals surface area contributed by atoms with Crippen molar-refractivity contribution in [2.24, 2.45) is 0 Å². The molecule has 0 aliphatic carbocycles. The maximum absolute atomic E-state index is 12.2. The number of hydrogen-bond acceptors (Lipinski definition) is 3. The first-order chi connectivity index (χ1) is 11.2. The van der Waals surface area contributed by atoms with Gasteiger partial charge in [0, 0.05) is 15.2 Å². The molecular formula is C15H13BrCl2N2O3S. The van der Waals surface area contributed by atoms with Crippen molar-refractivity contribution in [3.8, 4) is 0 Å². The summed E-state index contributed by atoms with van der Waals surface area (Å²) in [6.07, 6.45) is 1.03. The van der Waals surface area contributed by atoms with Gasteiger partial charge in [0.05, 0.1) is 17.0 Å². The molecule has 0 aliphatic heterocycles. The van der Waals surface area contributed by atoms with Gasteiger partial charge in [-0.2, -0.15) is 0 Å². The molecule has 1 N–H and O–H groups in total. The second-order valence-electron chi connectivity index (χ2n) is 4.92. The molecule has 0 aromatic heterocycles. The Balaban J connectivity index is 2.18. The van der Waals surface area contributed by atoms with Crippen molar-refractivity contribution < 1.29 is 13.2 Å². The van der Waals surface area contributed by atoms with E-state index in [0.717, 1.165) is 10.6 Å². The van der Waals surface area contributed by atoms with Gasteiger partial charge in [-0.05, 0) is 58.4 Å². The first kappa shape index (κ1) is 19.1. The van der Waals surface area contributed by atoms with E-state index in [1.54, 1.807) is 30.3 Å². The van der Waals surface area contributed by atoms with Crippen molar-refractivity contribution in [1.29, 1.82) is 0 Å². The number of carbonyl (C=O) groups excluding carboxylic acids is 1. The molecule has 0 atom stereocenters. The Morgan fingerprint density at radius 1 is 1.17 bits per heavy atom. The number of sulfonamides is 1. The van der Waals surface area contributed by atoms with Gasteiger partial charge < -0.3 is 5.32 Å². The van der Waals surface area contributed by atoms with Crippen molar-refractivity contribution in [1.82, 2.24) is 0 Å². The van der Waals surface area contributed by atoms with Crippen LogP contribution in [0.5, 0.6) is 0 Å². The molecular weight excluding hydrogens is 439 g/mol. The fourth-order valence-electron chi connectivity index (χ4n) is 1.91.